The van der Waals surface area contributed by atoms with Crippen LogP contribution in [0.3, 0.4) is 0 Å². The first-order valence-corrected chi connectivity index (χ1v) is 6.76. The second-order valence-corrected chi connectivity index (χ2v) is 5.09. The van der Waals surface area contributed by atoms with Gasteiger partial charge < -0.3 is 40.1 Å². The van der Waals surface area contributed by atoms with Gasteiger partial charge in [0.25, 0.3) is 0 Å². The smallest absolute Gasteiger partial charge is 0.188 e. The summed E-state index contributed by atoms with van der Waals surface area (Å²) in [4.78, 5) is 0. The van der Waals surface area contributed by atoms with Gasteiger partial charge in [-0.2, -0.15) is 5.26 Å². The van der Waals surface area contributed by atoms with Crippen molar-refractivity contribution < 1.29 is 40.1 Å². The van der Waals surface area contributed by atoms with Crippen molar-refractivity contribution in [1.82, 2.24) is 0 Å². The summed E-state index contributed by atoms with van der Waals surface area (Å²) in [5, 5.41) is 66.2. The Morgan fingerprint density at radius 1 is 1.13 bits per heavy atom. The van der Waals surface area contributed by atoms with Gasteiger partial charge in [0.2, 0.25) is 0 Å². The number of aliphatic hydroxyl groups excluding tert-OH is 4. The lowest BCUT2D eigenvalue weighted by Gasteiger charge is -2.40. The molecule has 0 aliphatic carbocycles. The lowest BCUT2D eigenvalue weighted by Crippen LogP contribution is -2.59. The molecular weight excluding hydrogens is 310 g/mol. The standard InChI is InChI=1S/C14H17NO8/c15-4-9(6-1-2-7(17)8(18)3-6)22-14-13(21)12(20)11(19)10(5-16)23-14/h1-3,9-14,16-21H,5H2/t9-,10+,11+,12-,13+,14+/m0/s1. The van der Waals surface area contributed by atoms with Crippen molar-refractivity contribution in [2.24, 2.45) is 0 Å². The Morgan fingerprint density at radius 3 is 2.39 bits per heavy atom. The van der Waals surface area contributed by atoms with E-state index in [0.717, 1.165) is 12.1 Å². The molecule has 1 saturated heterocycles. The van der Waals surface area contributed by atoms with Gasteiger partial charge in [0, 0.05) is 0 Å². The molecule has 1 heterocycles. The molecule has 0 unspecified atom stereocenters. The number of aliphatic hydroxyl groups is 4. The zero-order chi connectivity index (χ0) is 17.1. The molecule has 9 heteroatoms. The maximum atomic E-state index is 9.87. The van der Waals surface area contributed by atoms with E-state index in [4.69, 9.17) is 14.6 Å². The quantitative estimate of drug-likeness (QED) is 0.360. The molecule has 23 heavy (non-hydrogen) atoms. The first-order valence-electron chi connectivity index (χ1n) is 6.76. The highest BCUT2D eigenvalue weighted by Gasteiger charge is 2.45. The Hall–Kier alpha value is -1.93. The average molecular weight is 327 g/mol. The molecule has 0 bridgehead atoms. The van der Waals surface area contributed by atoms with Gasteiger partial charge in [-0.3, -0.25) is 0 Å². The van der Waals surface area contributed by atoms with Crippen molar-refractivity contribution in [2.75, 3.05) is 6.61 Å². The highest BCUT2D eigenvalue weighted by Crippen LogP contribution is 2.31. The van der Waals surface area contributed by atoms with Gasteiger partial charge in [0.1, 0.15) is 24.4 Å². The number of phenolic OH excluding ortho intramolecular Hbond substituents is 2. The van der Waals surface area contributed by atoms with E-state index in [2.05, 4.69) is 0 Å². The average Bonchev–Trinajstić information content (AvgIpc) is 2.55. The second kappa shape index (κ2) is 7.10. The summed E-state index contributed by atoms with van der Waals surface area (Å²) >= 11 is 0. The Labute approximate surface area is 131 Å². The van der Waals surface area contributed by atoms with E-state index in [1.54, 1.807) is 6.07 Å². The molecule has 0 saturated carbocycles. The third kappa shape index (κ3) is 3.53. The molecule has 1 aliphatic heterocycles. The highest BCUT2D eigenvalue weighted by atomic mass is 16.7. The molecule has 9 nitrogen and oxygen atoms in total. The van der Waals surface area contributed by atoms with Crippen LogP contribution in [0.5, 0.6) is 11.5 Å². The van der Waals surface area contributed by atoms with Gasteiger partial charge in [0.15, 0.2) is 23.9 Å². The molecule has 6 N–H and O–H groups in total. The lowest BCUT2D eigenvalue weighted by molar-refractivity contribution is -0.307. The number of nitriles is 1. The van der Waals surface area contributed by atoms with Gasteiger partial charge in [0.05, 0.1) is 12.7 Å². The summed E-state index contributed by atoms with van der Waals surface area (Å²) in [6.45, 7) is -0.623. The zero-order valence-corrected chi connectivity index (χ0v) is 11.9. The Bertz CT molecular complexity index is 587. The minimum atomic E-state index is -1.64. The molecular formula is C14H17NO8. The molecule has 6 atom stereocenters. The Balaban J connectivity index is 2.17. The predicted octanol–water partition coefficient (Wildman–Crippen LogP) is -1.52. The number of hydrogen-bond acceptors (Lipinski definition) is 9. The van der Waals surface area contributed by atoms with Crippen LogP contribution in [-0.2, 0) is 9.47 Å². The van der Waals surface area contributed by atoms with Gasteiger partial charge in [-0.05, 0) is 17.7 Å². The van der Waals surface area contributed by atoms with Crippen LogP contribution in [0, 0.1) is 11.3 Å². The van der Waals surface area contributed by atoms with Crippen LogP contribution in [0.4, 0.5) is 0 Å². The van der Waals surface area contributed by atoms with E-state index in [1.807, 2.05) is 0 Å². The van der Waals surface area contributed by atoms with Gasteiger partial charge >= 0.3 is 0 Å². The first kappa shape index (κ1) is 17.4. The minimum absolute atomic E-state index is 0.180. The molecule has 1 aliphatic rings. The summed E-state index contributed by atoms with van der Waals surface area (Å²) in [6.07, 6.45) is -8.74. The fraction of sp³-hybridized carbons (Fsp3) is 0.500. The molecule has 2 rings (SSSR count). The fourth-order valence-electron chi connectivity index (χ4n) is 2.20. The van der Waals surface area contributed by atoms with E-state index in [0.29, 0.717) is 0 Å². The summed E-state index contributed by atoms with van der Waals surface area (Å²) in [5.41, 5.74) is 0.180. The number of ether oxygens (including phenoxy) is 2. The number of rotatable bonds is 4. The molecule has 1 fully saturated rings. The molecule has 0 radical (unpaired) electrons. The molecule has 0 amide bonds. The summed E-state index contributed by atoms with van der Waals surface area (Å²) in [6, 6.07) is 5.37. The van der Waals surface area contributed by atoms with Crippen molar-refractivity contribution in [1.29, 1.82) is 5.26 Å². The van der Waals surface area contributed by atoms with Crippen molar-refractivity contribution in [2.45, 2.75) is 36.8 Å². The monoisotopic (exact) mass is 327 g/mol. The van der Waals surface area contributed by atoms with Crippen molar-refractivity contribution in [3.8, 4) is 17.6 Å². The van der Waals surface area contributed by atoms with Crippen LogP contribution in [0.15, 0.2) is 18.2 Å². The normalized spacial score (nSPS) is 32.2. The van der Waals surface area contributed by atoms with Gasteiger partial charge in [-0.25, -0.2) is 0 Å². The largest absolute Gasteiger partial charge is 0.504 e. The number of aromatic hydroxyl groups is 2. The van der Waals surface area contributed by atoms with Crippen LogP contribution in [-0.4, -0.2) is 68.0 Å². The summed E-state index contributed by atoms with van der Waals surface area (Å²) < 4.78 is 10.4. The third-order valence-corrected chi connectivity index (χ3v) is 3.54. The number of benzene rings is 1. The van der Waals surface area contributed by atoms with E-state index in [1.165, 1.54) is 6.07 Å². The third-order valence-electron chi connectivity index (χ3n) is 3.54. The molecule has 1 aromatic rings. The topological polar surface area (TPSA) is 164 Å². The maximum Gasteiger partial charge on any atom is 0.188 e. The second-order valence-electron chi connectivity index (χ2n) is 5.09. The minimum Gasteiger partial charge on any atom is -0.504 e. The van der Waals surface area contributed by atoms with E-state index in [9.17, 15) is 30.8 Å². The summed E-state index contributed by atoms with van der Waals surface area (Å²) in [5.74, 6) is -0.835. The Kier molecular flexibility index (Phi) is 5.38. The van der Waals surface area contributed by atoms with Crippen LogP contribution in [0.25, 0.3) is 0 Å². The van der Waals surface area contributed by atoms with Crippen molar-refractivity contribution >= 4 is 0 Å². The van der Waals surface area contributed by atoms with Gasteiger partial charge in [-0.1, -0.05) is 6.07 Å². The predicted molar refractivity (Wildman–Crippen MR) is 73.0 cm³/mol. The van der Waals surface area contributed by atoms with E-state index in [-0.39, 0.29) is 11.3 Å². The van der Waals surface area contributed by atoms with E-state index < -0.39 is 49.2 Å². The molecule has 0 spiro atoms. The van der Waals surface area contributed by atoms with E-state index >= 15 is 0 Å². The van der Waals surface area contributed by atoms with Crippen LogP contribution in [0.1, 0.15) is 11.7 Å². The SMILES string of the molecule is N#C[C@H](O[C@@H]1O[C@H](CO)[C@@H](O)[C@H](O)[C@H]1O)c1ccc(O)c(O)c1. The molecule has 0 aromatic heterocycles. The van der Waals surface area contributed by atoms with Crippen molar-refractivity contribution in [3.63, 3.8) is 0 Å². The number of nitrogens with zero attached hydrogens (tertiary/aromatic N) is 1. The lowest BCUT2D eigenvalue weighted by atomic mass is 9.99. The molecule has 1 aromatic carbocycles. The summed E-state index contributed by atoms with van der Waals surface area (Å²) in [7, 11) is 0. The van der Waals surface area contributed by atoms with Crippen molar-refractivity contribution in [3.05, 3.63) is 23.8 Å². The molecule has 126 valence electrons. The zero-order valence-electron chi connectivity index (χ0n) is 11.9. The van der Waals surface area contributed by atoms with Crippen LogP contribution < -0.4 is 0 Å². The Morgan fingerprint density at radius 2 is 1.83 bits per heavy atom. The number of phenols is 2. The van der Waals surface area contributed by atoms with Crippen LogP contribution in [0.2, 0.25) is 0 Å². The van der Waals surface area contributed by atoms with Gasteiger partial charge in [-0.15, -0.1) is 0 Å². The first-order chi connectivity index (χ1) is 10.9. The maximum absolute atomic E-state index is 9.87. The highest BCUT2D eigenvalue weighted by molar-refractivity contribution is 5.42. The fourth-order valence-corrected chi connectivity index (χ4v) is 2.20. The van der Waals surface area contributed by atoms with Crippen LogP contribution >= 0.6 is 0 Å². The number of hydrogen-bond donors (Lipinski definition) is 6.